The van der Waals surface area contributed by atoms with Crippen LogP contribution in [0.15, 0.2) is 30.3 Å². The lowest BCUT2D eigenvalue weighted by Crippen LogP contribution is -2.65. The Kier molecular flexibility index (Phi) is 3.97. The molecule has 1 saturated heterocycles. The Labute approximate surface area is 118 Å². The molecule has 0 radical (unpaired) electrons. The molecule has 0 unspecified atom stereocenters. The Morgan fingerprint density at radius 3 is 2.74 bits per heavy atom. The molecule has 0 aliphatic carbocycles. The molecule has 1 fully saturated rings. The summed E-state index contributed by atoms with van der Waals surface area (Å²) in [6.45, 7) is 4.74. The molecule has 1 aliphatic rings. The summed E-state index contributed by atoms with van der Waals surface area (Å²) in [7, 11) is 0. The molecular formula is C15H18ClNO2. The number of likely N-dealkylation sites (tertiary alicyclic amines) is 1. The highest BCUT2D eigenvalue weighted by Gasteiger charge is 2.45. The third-order valence-electron chi connectivity index (χ3n) is 3.58. The van der Waals surface area contributed by atoms with Gasteiger partial charge in [0.2, 0.25) is 5.91 Å². The van der Waals surface area contributed by atoms with Crippen LogP contribution in [0, 0.1) is 5.92 Å². The summed E-state index contributed by atoms with van der Waals surface area (Å²) in [5, 5.41) is 10.7. The van der Waals surface area contributed by atoms with Crippen LogP contribution in [-0.4, -0.2) is 34.6 Å². The molecule has 0 spiro atoms. The fourth-order valence-corrected chi connectivity index (χ4v) is 2.22. The Morgan fingerprint density at radius 2 is 2.16 bits per heavy atom. The lowest BCUT2D eigenvalue weighted by atomic mass is 9.83. The Bertz CT molecular complexity index is 505. The van der Waals surface area contributed by atoms with Crippen molar-refractivity contribution in [3.63, 3.8) is 0 Å². The van der Waals surface area contributed by atoms with Crippen LogP contribution in [0.4, 0.5) is 0 Å². The molecule has 19 heavy (non-hydrogen) atoms. The van der Waals surface area contributed by atoms with Gasteiger partial charge in [-0.1, -0.05) is 37.6 Å². The number of hydrogen-bond donors (Lipinski definition) is 1. The van der Waals surface area contributed by atoms with Gasteiger partial charge in [0.05, 0.1) is 13.1 Å². The highest BCUT2D eigenvalue weighted by Crippen LogP contribution is 2.28. The van der Waals surface area contributed by atoms with Crippen LogP contribution in [0.25, 0.3) is 6.08 Å². The molecule has 1 aromatic rings. The molecule has 1 amide bonds. The summed E-state index contributed by atoms with van der Waals surface area (Å²) in [6, 6.07) is 7.31. The SMILES string of the molecule is CC(C)C1(O)CN(C(=O)C=Cc2cccc(Cl)c2)C1. The summed E-state index contributed by atoms with van der Waals surface area (Å²) in [5.41, 5.74) is 0.167. The summed E-state index contributed by atoms with van der Waals surface area (Å²) in [5.74, 6) is 0.0822. The maximum absolute atomic E-state index is 11.9. The van der Waals surface area contributed by atoms with Crippen LogP contribution < -0.4 is 0 Å². The number of carbonyl (C=O) groups is 1. The van der Waals surface area contributed by atoms with Gasteiger partial charge in [-0.3, -0.25) is 4.79 Å². The van der Waals surface area contributed by atoms with E-state index in [-0.39, 0.29) is 11.8 Å². The summed E-state index contributed by atoms with van der Waals surface area (Å²) >= 11 is 5.87. The molecule has 102 valence electrons. The fourth-order valence-electron chi connectivity index (χ4n) is 2.02. The van der Waals surface area contributed by atoms with E-state index in [0.29, 0.717) is 18.1 Å². The number of nitrogens with zero attached hydrogens (tertiary/aromatic N) is 1. The predicted molar refractivity (Wildman–Crippen MR) is 76.9 cm³/mol. The van der Waals surface area contributed by atoms with Gasteiger partial charge in [-0.2, -0.15) is 0 Å². The van der Waals surface area contributed by atoms with E-state index in [2.05, 4.69) is 0 Å². The summed E-state index contributed by atoms with van der Waals surface area (Å²) in [6.07, 6.45) is 3.26. The average Bonchev–Trinajstić information content (AvgIpc) is 2.32. The van der Waals surface area contributed by atoms with Gasteiger partial charge in [-0.15, -0.1) is 0 Å². The second-order valence-corrected chi connectivity index (χ2v) is 5.78. The van der Waals surface area contributed by atoms with E-state index in [1.807, 2.05) is 26.0 Å². The second kappa shape index (κ2) is 5.35. The highest BCUT2D eigenvalue weighted by molar-refractivity contribution is 6.30. The van der Waals surface area contributed by atoms with Crippen molar-refractivity contribution in [2.45, 2.75) is 19.4 Å². The zero-order valence-corrected chi connectivity index (χ0v) is 11.9. The van der Waals surface area contributed by atoms with E-state index in [9.17, 15) is 9.90 Å². The number of halogens is 1. The van der Waals surface area contributed by atoms with Crippen LogP contribution in [0.1, 0.15) is 19.4 Å². The van der Waals surface area contributed by atoms with E-state index >= 15 is 0 Å². The van der Waals surface area contributed by atoms with Crippen molar-refractivity contribution < 1.29 is 9.90 Å². The monoisotopic (exact) mass is 279 g/mol. The van der Waals surface area contributed by atoms with Crippen LogP contribution in [0.3, 0.4) is 0 Å². The van der Waals surface area contributed by atoms with Crippen molar-refractivity contribution in [3.8, 4) is 0 Å². The average molecular weight is 280 g/mol. The molecule has 0 atom stereocenters. The standard InChI is InChI=1S/C15H18ClNO2/c1-11(2)15(19)9-17(10-15)14(18)7-6-12-4-3-5-13(16)8-12/h3-8,11,19H,9-10H2,1-2H3. The molecule has 0 aromatic heterocycles. The first-order valence-electron chi connectivity index (χ1n) is 6.36. The van der Waals surface area contributed by atoms with Gasteiger partial charge in [-0.05, 0) is 29.7 Å². The topological polar surface area (TPSA) is 40.5 Å². The molecule has 3 nitrogen and oxygen atoms in total. The number of rotatable bonds is 3. The molecule has 1 aromatic carbocycles. The Balaban J connectivity index is 1.93. The predicted octanol–water partition coefficient (Wildman–Crippen LogP) is 2.58. The molecular weight excluding hydrogens is 262 g/mol. The number of aliphatic hydroxyl groups is 1. The van der Waals surface area contributed by atoms with E-state index < -0.39 is 5.60 Å². The maximum Gasteiger partial charge on any atom is 0.246 e. The number of carbonyl (C=O) groups excluding carboxylic acids is 1. The van der Waals surface area contributed by atoms with Gasteiger partial charge in [0.25, 0.3) is 0 Å². The van der Waals surface area contributed by atoms with Gasteiger partial charge < -0.3 is 10.0 Å². The van der Waals surface area contributed by atoms with Crippen LogP contribution in [-0.2, 0) is 4.79 Å². The largest absolute Gasteiger partial charge is 0.386 e. The van der Waals surface area contributed by atoms with Crippen LogP contribution >= 0.6 is 11.6 Å². The molecule has 0 bridgehead atoms. The number of β-amino-alcohol motifs (C(OH)–C–C–N with tert-alkyl or cyclic N) is 1. The van der Waals surface area contributed by atoms with Gasteiger partial charge in [0.1, 0.15) is 5.60 Å². The minimum Gasteiger partial charge on any atom is -0.386 e. The highest BCUT2D eigenvalue weighted by atomic mass is 35.5. The Hall–Kier alpha value is -1.32. The quantitative estimate of drug-likeness (QED) is 0.864. The summed E-state index contributed by atoms with van der Waals surface area (Å²) in [4.78, 5) is 13.5. The first-order chi connectivity index (χ1) is 8.90. The van der Waals surface area contributed by atoms with Crippen molar-refractivity contribution in [2.75, 3.05) is 13.1 Å². The summed E-state index contributed by atoms with van der Waals surface area (Å²) < 4.78 is 0. The van der Waals surface area contributed by atoms with Gasteiger partial charge in [0.15, 0.2) is 0 Å². The van der Waals surface area contributed by atoms with Crippen molar-refractivity contribution in [1.82, 2.24) is 4.90 Å². The minimum absolute atomic E-state index is 0.0784. The molecule has 4 heteroatoms. The Morgan fingerprint density at radius 1 is 1.47 bits per heavy atom. The van der Waals surface area contributed by atoms with E-state index in [1.54, 1.807) is 23.1 Å². The zero-order valence-electron chi connectivity index (χ0n) is 11.1. The number of amides is 1. The maximum atomic E-state index is 11.9. The van der Waals surface area contributed by atoms with E-state index in [0.717, 1.165) is 5.56 Å². The smallest absolute Gasteiger partial charge is 0.246 e. The van der Waals surface area contributed by atoms with Crippen LogP contribution in [0.5, 0.6) is 0 Å². The van der Waals surface area contributed by atoms with Crippen LogP contribution in [0.2, 0.25) is 5.02 Å². The van der Waals surface area contributed by atoms with Gasteiger partial charge in [-0.25, -0.2) is 0 Å². The first kappa shape index (κ1) is 14.1. The van der Waals surface area contributed by atoms with Gasteiger partial charge >= 0.3 is 0 Å². The van der Waals surface area contributed by atoms with Gasteiger partial charge in [0, 0.05) is 11.1 Å². The molecule has 0 saturated carbocycles. The van der Waals surface area contributed by atoms with Crippen molar-refractivity contribution in [3.05, 3.63) is 40.9 Å². The third-order valence-corrected chi connectivity index (χ3v) is 3.82. The number of hydrogen-bond acceptors (Lipinski definition) is 2. The third kappa shape index (κ3) is 3.17. The molecule has 2 rings (SSSR count). The first-order valence-corrected chi connectivity index (χ1v) is 6.73. The molecule has 1 N–H and O–H groups in total. The lowest BCUT2D eigenvalue weighted by Gasteiger charge is -2.48. The molecule has 1 aliphatic heterocycles. The lowest BCUT2D eigenvalue weighted by molar-refractivity contribution is -0.158. The fraction of sp³-hybridized carbons (Fsp3) is 0.400. The number of benzene rings is 1. The minimum atomic E-state index is -0.723. The zero-order chi connectivity index (χ0) is 14.0. The molecule has 1 heterocycles. The second-order valence-electron chi connectivity index (χ2n) is 5.34. The van der Waals surface area contributed by atoms with Crippen molar-refractivity contribution in [1.29, 1.82) is 0 Å². The van der Waals surface area contributed by atoms with E-state index in [1.165, 1.54) is 6.08 Å². The normalized spacial score (nSPS) is 17.8. The van der Waals surface area contributed by atoms with Crippen molar-refractivity contribution >= 4 is 23.6 Å². The van der Waals surface area contributed by atoms with Crippen molar-refractivity contribution in [2.24, 2.45) is 5.92 Å². The van der Waals surface area contributed by atoms with E-state index in [4.69, 9.17) is 11.6 Å².